The lowest BCUT2D eigenvalue weighted by Gasteiger charge is -2.11. The zero-order valence-electron chi connectivity index (χ0n) is 11.3. The van der Waals surface area contributed by atoms with Crippen LogP contribution in [0.25, 0.3) is 10.8 Å². The van der Waals surface area contributed by atoms with Gasteiger partial charge in [0.2, 0.25) is 0 Å². The Balaban J connectivity index is 2.14. The van der Waals surface area contributed by atoms with E-state index in [4.69, 9.17) is 11.6 Å². The molecule has 0 saturated heterocycles. The van der Waals surface area contributed by atoms with Crippen LogP contribution < -0.4 is 4.72 Å². The number of anilines is 1. The Labute approximate surface area is 133 Å². The highest BCUT2D eigenvalue weighted by Crippen LogP contribution is 2.31. The minimum absolute atomic E-state index is 0.0175. The van der Waals surface area contributed by atoms with Crippen molar-refractivity contribution in [3.8, 4) is 5.75 Å². The SMILES string of the molecule is O=S(=O)(Nc1cccc(O)c1)c1cccc2cccc(Cl)c12. The van der Waals surface area contributed by atoms with Crippen molar-refractivity contribution >= 4 is 38.1 Å². The summed E-state index contributed by atoms with van der Waals surface area (Å²) in [6.07, 6.45) is 0. The number of sulfonamides is 1. The van der Waals surface area contributed by atoms with Gasteiger partial charge in [0.1, 0.15) is 5.75 Å². The van der Waals surface area contributed by atoms with Gasteiger partial charge >= 0.3 is 0 Å². The van der Waals surface area contributed by atoms with Gasteiger partial charge < -0.3 is 5.11 Å². The first kappa shape index (κ1) is 14.7. The Morgan fingerprint density at radius 1 is 0.955 bits per heavy atom. The Hall–Kier alpha value is -2.24. The van der Waals surface area contributed by atoms with Crippen LogP contribution in [0.5, 0.6) is 5.75 Å². The molecule has 112 valence electrons. The summed E-state index contributed by atoms with van der Waals surface area (Å²) in [5.41, 5.74) is 0.282. The summed E-state index contributed by atoms with van der Waals surface area (Å²) >= 11 is 6.16. The summed E-state index contributed by atoms with van der Waals surface area (Å²) in [6.45, 7) is 0. The Morgan fingerprint density at radius 3 is 2.36 bits per heavy atom. The largest absolute Gasteiger partial charge is 0.508 e. The van der Waals surface area contributed by atoms with Gasteiger partial charge in [0, 0.05) is 16.5 Å². The molecule has 2 N–H and O–H groups in total. The Bertz CT molecular complexity index is 949. The van der Waals surface area contributed by atoms with E-state index in [0.717, 1.165) is 5.39 Å². The van der Waals surface area contributed by atoms with Crippen LogP contribution in [0.1, 0.15) is 0 Å². The van der Waals surface area contributed by atoms with Gasteiger partial charge in [-0.3, -0.25) is 4.72 Å². The molecule has 0 heterocycles. The van der Waals surface area contributed by atoms with E-state index in [1.54, 1.807) is 42.5 Å². The fraction of sp³-hybridized carbons (Fsp3) is 0. The standard InChI is InChI=1S/C16H12ClNO3S/c17-14-8-1-4-11-5-2-9-15(16(11)14)22(20,21)18-12-6-3-7-13(19)10-12/h1-10,18-19H. The van der Waals surface area contributed by atoms with Crippen molar-refractivity contribution in [1.82, 2.24) is 0 Å². The molecule has 0 saturated carbocycles. The van der Waals surface area contributed by atoms with E-state index in [9.17, 15) is 13.5 Å². The van der Waals surface area contributed by atoms with Crippen LogP contribution in [0.2, 0.25) is 5.02 Å². The molecule has 4 nitrogen and oxygen atoms in total. The lowest BCUT2D eigenvalue weighted by atomic mass is 10.1. The molecular formula is C16H12ClNO3S. The molecule has 3 aromatic carbocycles. The van der Waals surface area contributed by atoms with E-state index in [1.807, 2.05) is 0 Å². The van der Waals surface area contributed by atoms with Gasteiger partial charge in [-0.2, -0.15) is 0 Å². The highest BCUT2D eigenvalue weighted by atomic mass is 35.5. The molecule has 0 fully saturated rings. The molecule has 0 aromatic heterocycles. The van der Waals surface area contributed by atoms with Crippen molar-refractivity contribution in [2.24, 2.45) is 0 Å². The van der Waals surface area contributed by atoms with Crippen LogP contribution in [0.4, 0.5) is 5.69 Å². The lowest BCUT2D eigenvalue weighted by molar-refractivity contribution is 0.475. The number of phenolic OH excluding ortho intramolecular Hbond substituents is 1. The van der Waals surface area contributed by atoms with Gasteiger partial charge in [-0.25, -0.2) is 8.42 Å². The Morgan fingerprint density at radius 2 is 1.64 bits per heavy atom. The van der Waals surface area contributed by atoms with Crippen LogP contribution in [0, 0.1) is 0 Å². The summed E-state index contributed by atoms with van der Waals surface area (Å²) in [4.78, 5) is 0.0962. The molecule has 0 radical (unpaired) electrons. The maximum atomic E-state index is 12.6. The molecule has 6 heteroatoms. The molecule has 3 aromatic rings. The van der Waals surface area contributed by atoms with Gasteiger partial charge in [0.25, 0.3) is 10.0 Å². The number of nitrogens with one attached hydrogen (secondary N) is 1. The maximum Gasteiger partial charge on any atom is 0.262 e. The highest BCUT2D eigenvalue weighted by molar-refractivity contribution is 7.93. The van der Waals surface area contributed by atoms with E-state index in [-0.39, 0.29) is 16.3 Å². The second-order valence-corrected chi connectivity index (χ2v) is 6.81. The van der Waals surface area contributed by atoms with E-state index in [1.165, 1.54) is 18.2 Å². The van der Waals surface area contributed by atoms with Crippen LogP contribution in [-0.2, 0) is 10.0 Å². The lowest BCUT2D eigenvalue weighted by Crippen LogP contribution is -2.13. The topological polar surface area (TPSA) is 66.4 Å². The molecule has 0 bridgehead atoms. The normalized spacial score (nSPS) is 11.5. The van der Waals surface area contributed by atoms with E-state index in [2.05, 4.69) is 4.72 Å². The smallest absolute Gasteiger partial charge is 0.262 e. The van der Waals surface area contributed by atoms with Gasteiger partial charge in [0.15, 0.2) is 0 Å². The molecule has 0 spiro atoms. The quantitative estimate of drug-likeness (QED) is 0.761. The average Bonchev–Trinajstić information content (AvgIpc) is 2.46. The average molecular weight is 334 g/mol. The van der Waals surface area contributed by atoms with Gasteiger partial charge in [-0.1, -0.05) is 41.9 Å². The van der Waals surface area contributed by atoms with Crippen molar-refractivity contribution in [3.63, 3.8) is 0 Å². The first-order chi connectivity index (χ1) is 10.5. The highest BCUT2D eigenvalue weighted by Gasteiger charge is 2.19. The van der Waals surface area contributed by atoms with Crippen LogP contribution >= 0.6 is 11.6 Å². The summed E-state index contributed by atoms with van der Waals surface area (Å²) in [5, 5.41) is 11.0. The third-order valence-corrected chi connectivity index (χ3v) is 4.94. The number of rotatable bonds is 3. The number of fused-ring (bicyclic) bond motifs is 1. The number of halogens is 1. The molecule has 0 aliphatic rings. The van der Waals surface area contributed by atoms with Crippen LogP contribution in [0.3, 0.4) is 0 Å². The molecule has 0 aliphatic carbocycles. The number of hydrogen-bond acceptors (Lipinski definition) is 3. The molecule has 0 amide bonds. The fourth-order valence-electron chi connectivity index (χ4n) is 2.27. The Kier molecular flexibility index (Phi) is 3.68. The zero-order chi connectivity index (χ0) is 15.7. The minimum Gasteiger partial charge on any atom is -0.508 e. The predicted molar refractivity (Wildman–Crippen MR) is 87.9 cm³/mol. The number of hydrogen-bond donors (Lipinski definition) is 2. The number of aromatic hydroxyl groups is 1. The number of phenols is 1. The van der Waals surface area contributed by atoms with Crippen molar-refractivity contribution in [3.05, 3.63) is 65.7 Å². The first-order valence-electron chi connectivity index (χ1n) is 6.46. The molecule has 0 unspecified atom stereocenters. The molecule has 22 heavy (non-hydrogen) atoms. The van der Waals surface area contributed by atoms with E-state index in [0.29, 0.717) is 10.4 Å². The molecule has 0 aliphatic heterocycles. The monoisotopic (exact) mass is 333 g/mol. The van der Waals surface area contributed by atoms with Crippen LogP contribution in [-0.4, -0.2) is 13.5 Å². The number of benzene rings is 3. The van der Waals surface area contributed by atoms with E-state index < -0.39 is 10.0 Å². The van der Waals surface area contributed by atoms with Crippen molar-refractivity contribution in [2.45, 2.75) is 4.90 Å². The zero-order valence-corrected chi connectivity index (χ0v) is 12.9. The second kappa shape index (κ2) is 5.51. The molecular weight excluding hydrogens is 322 g/mol. The van der Waals surface area contributed by atoms with Gasteiger partial charge in [-0.15, -0.1) is 0 Å². The second-order valence-electron chi connectivity index (χ2n) is 4.75. The fourth-order valence-corrected chi connectivity index (χ4v) is 3.91. The third kappa shape index (κ3) is 2.73. The van der Waals surface area contributed by atoms with Crippen molar-refractivity contribution < 1.29 is 13.5 Å². The molecule has 3 rings (SSSR count). The minimum atomic E-state index is -3.82. The summed E-state index contributed by atoms with van der Waals surface area (Å²) < 4.78 is 27.7. The summed E-state index contributed by atoms with van der Waals surface area (Å²) in [7, 11) is -3.82. The third-order valence-electron chi connectivity index (χ3n) is 3.20. The van der Waals surface area contributed by atoms with Crippen molar-refractivity contribution in [1.29, 1.82) is 0 Å². The summed E-state index contributed by atoms with van der Waals surface area (Å²) in [5.74, 6) is -0.0175. The predicted octanol–water partition coefficient (Wildman–Crippen LogP) is 4.00. The maximum absolute atomic E-state index is 12.6. The van der Waals surface area contributed by atoms with Crippen LogP contribution in [0.15, 0.2) is 65.6 Å². The van der Waals surface area contributed by atoms with Crippen molar-refractivity contribution in [2.75, 3.05) is 4.72 Å². The van der Waals surface area contributed by atoms with E-state index >= 15 is 0 Å². The van der Waals surface area contributed by atoms with Gasteiger partial charge in [0.05, 0.1) is 10.6 Å². The molecule has 0 atom stereocenters. The van der Waals surface area contributed by atoms with Gasteiger partial charge in [-0.05, 0) is 29.7 Å². The summed E-state index contributed by atoms with van der Waals surface area (Å²) in [6, 6.07) is 16.1. The first-order valence-corrected chi connectivity index (χ1v) is 8.32.